The van der Waals surface area contributed by atoms with E-state index < -0.39 is 12.0 Å². The highest BCUT2D eigenvalue weighted by Crippen LogP contribution is 2.30. The van der Waals surface area contributed by atoms with Gasteiger partial charge in [0.05, 0.1) is 11.7 Å². The summed E-state index contributed by atoms with van der Waals surface area (Å²) in [6, 6.07) is 4.25. The average Bonchev–Trinajstić information content (AvgIpc) is 2.73. The van der Waals surface area contributed by atoms with Gasteiger partial charge in [-0.25, -0.2) is 19.2 Å². The Morgan fingerprint density at radius 2 is 1.97 bits per heavy atom. The summed E-state index contributed by atoms with van der Waals surface area (Å²) in [5.74, 6) is 2.33. The number of hydroxylamine groups is 2. The first kappa shape index (κ1) is 22.3. The van der Waals surface area contributed by atoms with Gasteiger partial charge in [0.2, 0.25) is 11.8 Å². The van der Waals surface area contributed by atoms with Crippen molar-refractivity contribution in [2.24, 2.45) is 0 Å². The third-order valence-electron chi connectivity index (χ3n) is 4.51. The number of nitrogens with zero attached hydrogens (tertiary/aromatic N) is 3. The number of carbonyl (C=O) groups is 1. The molecule has 0 radical (unpaired) electrons. The molecular weight excluding hydrogens is 405 g/mol. The number of hydrogen-bond donors (Lipinski definition) is 0. The molecule has 3 rings (SSSR count). The number of aromatic nitrogens is 2. The Kier molecular flexibility index (Phi) is 7.26. The van der Waals surface area contributed by atoms with Crippen molar-refractivity contribution in [2.45, 2.75) is 45.8 Å². The molecule has 1 aliphatic heterocycles. The largest absolute Gasteiger partial charge is 0.528 e. The van der Waals surface area contributed by atoms with Gasteiger partial charge in [-0.2, -0.15) is 0 Å². The predicted octanol–water partition coefficient (Wildman–Crippen LogP) is 4.02. The first-order valence-electron chi connectivity index (χ1n) is 9.91. The number of hydrogen-bond acceptors (Lipinski definition) is 8. The maximum atomic E-state index is 14.2. The van der Waals surface area contributed by atoms with E-state index in [9.17, 15) is 9.18 Å². The van der Waals surface area contributed by atoms with E-state index in [0.717, 1.165) is 0 Å². The molecule has 164 valence electrons. The van der Waals surface area contributed by atoms with E-state index in [2.05, 4.69) is 15.9 Å². The Balaban J connectivity index is 1.59. The normalized spacial score (nSPS) is 14.7. The zero-order valence-corrected chi connectivity index (χ0v) is 17.6. The standard InChI is InChI=1S/C22H24FN3O5/c1-5-16-6-7-19(18(23)12-16)30-21-15(4)20(24-13-25-21)29-17-8-10-26(11-9-17)31-22(27)28-14(2)3/h1,6-7,12-14,17H,8-11H2,2-4H3. The minimum atomic E-state index is -0.717. The van der Waals surface area contributed by atoms with Gasteiger partial charge in [0.15, 0.2) is 11.6 Å². The number of terminal acetylenes is 1. The van der Waals surface area contributed by atoms with Gasteiger partial charge in [-0.1, -0.05) is 5.92 Å². The summed E-state index contributed by atoms with van der Waals surface area (Å²) in [4.78, 5) is 25.0. The molecule has 8 nitrogen and oxygen atoms in total. The number of rotatable bonds is 6. The molecule has 1 saturated heterocycles. The van der Waals surface area contributed by atoms with Crippen LogP contribution >= 0.6 is 0 Å². The monoisotopic (exact) mass is 429 g/mol. The van der Waals surface area contributed by atoms with Gasteiger partial charge >= 0.3 is 6.16 Å². The Hall–Kier alpha value is -3.38. The van der Waals surface area contributed by atoms with E-state index in [-0.39, 0.29) is 23.8 Å². The van der Waals surface area contributed by atoms with Gasteiger partial charge in [0.1, 0.15) is 12.4 Å². The molecule has 1 aromatic carbocycles. The Labute approximate surface area is 180 Å². The summed E-state index contributed by atoms with van der Waals surface area (Å²) in [7, 11) is 0. The van der Waals surface area contributed by atoms with Crippen LogP contribution in [0.15, 0.2) is 24.5 Å². The molecule has 1 aliphatic rings. The maximum Gasteiger partial charge on any atom is 0.528 e. The second-order valence-electron chi connectivity index (χ2n) is 7.25. The second kappa shape index (κ2) is 10.1. The van der Waals surface area contributed by atoms with Gasteiger partial charge in [0, 0.05) is 31.5 Å². The van der Waals surface area contributed by atoms with Gasteiger partial charge in [-0.05, 0) is 39.0 Å². The van der Waals surface area contributed by atoms with Crippen LogP contribution in [0.5, 0.6) is 17.5 Å². The number of halogens is 1. The highest BCUT2D eigenvalue weighted by atomic mass is 19.1. The SMILES string of the molecule is C#Cc1ccc(Oc2ncnc(OC3CCN(OC(=O)OC(C)C)CC3)c2C)c(F)c1. The van der Waals surface area contributed by atoms with E-state index in [1.165, 1.54) is 18.5 Å². The van der Waals surface area contributed by atoms with Crippen LogP contribution in [0.25, 0.3) is 0 Å². The third kappa shape index (κ3) is 6.06. The second-order valence-corrected chi connectivity index (χ2v) is 7.25. The van der Waals surface area contributed by atoms with Crippen LogP contribution in [0.1, 0.15) is 37.8 Å². The van der Waals surface area contributed by atoms with Gasteiger partial charge in [-0.3, -0.25) is 0 Å². The molecular formula is C22H24FN3O5. The van der Waals surface area contributed by atoms with E-state index in [4.69, 9.17) is 25.5 Å². The number of ether oxygens (including phenoxy) is 3. The summed E-state index contributed by atoms with van der Waals surface area (Å²) < 4.78 is 30.8. The van der Waals surface area contributed by atoms with Crippen molar-refractivity contribution in [3.05, 3.63) is 41.5 Å². The minimum absolute atomic E-state index is 0.00508. The van der Waals surface area contributed by atoms with Crippen molar-refractivity contribution in [3.8, 4) is 29.9 Å². The molecule has 0 saturated carbocycles. The lowest BCUT2D eigenvalue weighted by Gasteiger charge is -2.30. The lowest BCUT2D eigenvalue weighted by atomic mass is 10.1. The fourth-order valence-electron chi connectivity index (χ4n) is 2.94. The van der Waals surface area contributed by atoms with E-state index in [0.29, 0.717) is 42.9 Å². The van der Waals surface area contributed by atoms with Crippen molar-refractivity contribution in [1.82, 2.24) is 15.0 Å². The van der Waals surface area contributed by atoms with E-state index in [1.54, 1.807) is 31.9 Å². The Morgan fingerprint density at radius 3 is 2.61 bits per heavy atom. The Morgan fingerprint density at radius 1 is 1.26 bits per heavy atom. The summed E-state index contributed by atoms with van der Waals surface area (Å²) in [6.45, 7) is 6.24. The molecule has 31 heavy (non-hydrogen) atoms. The molecule has 1 fully saturated rings. The van der Waals surface area contributed by atoms with Gasteiger partial charge < -0.3 is 19.0 Å². The third-order valence-corrected chi connectivity index (χ3v) is 4.51. The molecule has 0 spiro atoms. The zero-order valence-electron chi connectivity index (χ0n) is 17.6. The first-order chi connectivity index (χ1) is 14.9. The molecule has 0 N–H and O–H groups in total. The molecule has 0 amide bonds. The van der Waals surface area contributed by atoms with Gasteiger partial charge in [-0.15, -0.1) is 11.5 Å². The summed E-state index contributed by atoms with van der Waals surface area (Å²) >= 11 is 0. The van der Waals surface area contributed by atoms with Crippen LogP contribution < -0.4 is 9.47 Å². The Bertz CT molecular complexity index is 968. The predicted molar refractivity (Wildman–Crippen MR) is 109 cm³/mol. The number of piperidine rings is 1. The molecule has 2 aromatic rings. The van der Waals surface area contributed by atoms with Gasteiger partial charge in [0.25, 0.3) is 0 Å². The quantitative estimate of drug-likeness (QED) is 0.503. The lowest BCUT2D eigenvalue weighted by molar-refractivity contribution is -0.151. The molecule has 2 heterocycles. The smallest absolute Gasteiger partial charge is 0.474 e. The van der Waals surface area contributed by atoms with Crippen molar-refractivity contribution in [3.63, 3.8) is 0 Å². The molecule has 1 aromatic heterocycles. The highest BCUT2D eigenvalue weighted by molar-refractivity contribution is 5.59. The highest BCUT2D eigenvalue weighted by Gasteiger charge is 2.25. The summed E-state index contributed by atoms with van der Waals surface area (Å²) in [6.07, 6.45) is 6.73. The summed E-state index contributed by atoms with van der Waals surface area (Å²) in [5, 5.41) is 1.55. The van der Waals surface area contributed by atoms with Crippen LogP contribution in [0.3, 0.4) is 0 Å². The zero-order chi connectivity index (χ0) is 22.4. The van der Waals surface area contributed by atoms with Crippen LogP contribution in [-0.2, 0) is 9.57 Å². The minimum Gasteiger partial charge on any atom is -0.474 e. The van der Waals surface area contributed by atoms with E-state index >= 15 is 0 Å². The van der Waals surface area contributed by atoms with Crippen molar-refractivity contribution in [2.75, 3.05) is 13.1 Å². The fraction of sp³-hybridized carbons (Fsp3) is 0.409. The van der Waals surface area contributed by atoms with Crippen molar-refractivity contribution >= 4 is 6.16 Å². The van der Waals surface area contributed by atoms with Crippen LogP contribution in [0, 0.1) is 25.1 Å². The molecule has 0 atom stereocenters. The molecule has 9 heteroatoms. The van der Waals surface area contributed by atoms with Crippen LogP contribution in [0.4, 0.5) is 9.18 Å². The molecule has 0 unspecified atom stereocenters. The first-order valence-corrected chi connectivity index (χ1v) is 9.91. The van der Waals surface area contributed by atoms with Crippen molar-refractivity contribution < 1.29 is 28.2 Å². The topological polar surface area (TPSA) is 83.0 Å². The van der Waals surface area contributed by atoms with Crippen LogP contribution in [0.2, 0.25) is 0 Å². The fourth-order valence-corrected chi connectivity index (χ4v) is 2.94. The molecule has 0 bridgehead atoms. The van der Waals surface area contributed by atoms with Crippen LogP contribution in [-0.4, -0.2) is 46.5 Å². The maximum absolute atomic E-state index is 14.2. The molecule has 0 aliphatic carbocycles. The summed E-state index contributed by atoms with van der Waals surface area (Å²) in [5.41, 5.74) is 0.961. The number of benzene rings is 1. The van der Waals surface area contributed by atoms with E-state index in [1.807, 2.05) is 0 Å². The van der Waals surface area contributed by atoms with Crippen molar-refractivity contribution in [1.29, 1.82) is 0 Å². The average molecular weight is 429 g/mol. The lowest BCUT2D eigenvalue weighted by Crippen LogP contribution is -2.40. The number of carbonyl (C=O) groups excluding carboxylic acids is 1.